The van der Waals surface area contributed by atoms with E-state index in [0.29, 0.717) is 6.54 Å². The summed E-state index contributed by atoms with van der Waals surface area (Å²) in [7, 11) is 0. The third-order valence-electron chi connectivity index (χ3n) is 2.60. The molecule has 1 aliphatic heterocycles. The molecule has 0 saturated carbocycles. The summed E-state index contributed by atoms with van der Waals surface area (Å²) in [4.78, 5) is 11.4. The molecule has 1 amide bonds. The SMILES string of the molecule is CC1Cc2ccc(Cl)cc2CNC1=O. The first-order valence-electron chi connectivity index (χ1n) is 4.72. The van der Waals surface area contributed by atoms with E-state index in [9.17, 15) is 4.79 Å². The summed E-state index contributed by atoms with van der Waals surface area (Å²) in [6.45, 7) is 2.54. The van der Waals surface area contributed by atoms with Crippen molar-refractivity contribution in [2.24, 2.45) is 5.92 Å². The summed E-state index contributed by atoms with van der Waals surface area (Å²) >= 11 is 5.89. The smallest absolute Gasteiger partial charge is 0.223 e. The van der Waals surface area contributed by atoms with Crippen LogP contribution < -0.4 is 5.32 Å². The van der Waals surface area contributed by atoms with Crippen molar-refractivity contribution in [1.82, 2.24) is 5.32 Å². The molecule has 14 heavy (non-hydrogen) atoms. The Labute approximate surface area is 88.3 Å². The molecule has 3 heteroatoms. The van der Waals surface area contributed by atoms with Crippen molar-refractivity contribution in [3.63, 3.8) is 0 Å². The molecule has 0 radical (unpaired) electrons. The van der Waals surface area contributed by atoms with Gasteiger partial charge in [-0.25, -0.2) is 0 Å². The van der Waals surface area contributed by atoms with Crippen LogP contribution in [0.3, 0.4) is 0 Å². The zero-order valence-electron chi connectivity index (χ0n) is 8.01. The molecule has 0 spiro atoms. The molecule has 0 bridgehead atoms. The number of carbonyl (C=O) groups is 1. The van der Waals surface area contributed by atoms with E-state index in [1.165, 1.54) is 5.56 Å². The van der Waals surface area contributed by atoms with E-state index >= 15 is 0 Å². The quantitative estimate of drug-likeness (QED) is 0.697. The number of rotatable bonds is 0. The molecule has 0 aromatic heterocycles. The number of benzene rings is 1. The van der Waals surface area contributed by atoms with Crippen LogP contribution in [0.5, 0.6) is 0 Å². The minimum Gasteiger partial charge on any atom is -0.352 e. The van der Waals surface area contributed by atoms with Crippen LogP contribution in [0.15, 0.2) is 18.2 Å². The van der Waals surface area contributed by atoms with Crippen molar-refractivity contribution in [3.8, 4) is 0 Å². The summed E-state index contributed by atoms with van der Waals surface area (Å²) < 4.78 is 0. The monoisotopic (exact) mass is 209 g/mol. The van der Waals surface area contributed by atoms with E-state index in [2.05, 4.69) is 5.32 Å². The first kappa shape index (κ1) is 9.53. The van der Waals surface area contributed by atoms with Gasteiger partial charge in [0, 0.05) is 17.5 Å². The Balaban J connectivity index is 2.37. The topological polar surface area (TPSA) is 29.1 Å². The van der Waals surface area contributed by atoms with Gasteiger partial charge >= 0.3 is 0 Å². The molecule has 1 atom stereocenters. The van der Waals surface area contributed by atoms with Crippen molar-refractivity contribution in [3.05, 3.63) is 34.3 Å². The fourth-order valence-corrected chi connectivity index (χ4v) is 1.93. The van der Waals surface area contributed by atoms with Crippen LogP contribution in [0, 0.1) is 5.92 Å². The van der Waals surface area contributed by atoms with Crippen LogP contribution in [0.2, 0.25) is 5.02 Å². The first-order valence-corrected chi connectivity index (χ1v) is 5.09. The molecule has 0 aliphatic carbocycles. The Kier molecular flexibility index (Phi) is 2.46. The van der Waals surface area contributed by atoms with Gasteiger partial charge in [0.25, 0.3) is 0 Å². The molecule has 74 valence electrons. The lowest BCUT2D eigenvalue weighted by molar-refractivity contribution is -0.124. The summed E-state index contributed by atoms with van der Waals surface area (Å²) in [6, 6.07) is 5.81. The minimum atomic E-state index is 0.0532. The van der Waals surface area contributed by atoms with Gasteiger partial charge in [0.1, 0.15) is 0 Å². The maximum atomic E-state index is 11.4. The molecule has 0 fully saturated rings. The number of halogens is 1. The predicted octanol–water partition coefficient (Wildman–Crippen LogP) is 2.15. The van der Waals surface area contributed by atoms with Gasteiger partial charge in [0.2, 0.25) is 5.91 Å². The maximum Gasteiger partial charge on any atom is 0.223 e. The maximum absolute atomic E-state index is 11.4. The lowest BCUT2D eigenvalue weighted by Gasteiger charge is -2.06. The van der Waals surface area contributed by atoms with Gasteiger partial charge in [-0.3, -0.25) is 4.79 Å². The predicted molar refractivity (Wildman–Crippen MR) is 56.2 cm³/mol. The van der Waals surface area contributed by atoms with E-state index in [0.717, 1.165) is 17.0 Å². The van der Waals surface area contributed by atoms with E-state index in [1.807, 2.05) is 25.1 Å². The fraction of sp³-hybridized carbons (Fsp3) is 0.364. The average molecular weight is 210 g/mol. The number of hydrogen-bond acceptors (Lipinski definition) is 1. The summed E-state index contributed by atoms with van der Waals surface area (Å²) in [5, 5.41) is 3.61. The Bertz CT molecular complexity index is 376. The van der Waals surface area contributed by atoms with Gasteiger partial charge in [-0.15, -0.1) is 0 Å². The van der Waals surface area contributed by atoms with Crippen LogP contribution in [0.4, 0.5) is 0 Å². The van der Waals surface area contributed by atoms with Crippen LogP contribution in [0.1, 0.15) is 18.1 Å². The van der Waals surface area contributed by atoms with Gasteiger partial charge in [-0.05, 0) is 29.7 Å². The van der Waals surface area contributed by atoms with Gasteiger partial charge in [-0.2, -0.15) is 0 Å². The molecule has 1 N–H and O–H groups in total. The highest BCUT2D eigenvalue weighted by molar-refractivity contribution is 6.30. The van der Waals surface area contributed by atoms with Crippen LogP contribution in [-0.2, 0) is 17.8 Å². The van der Waals surface area contributed by atoms with Crippen molar-refractivity contribution < 1.29 is 4.79 Å². The Hall–Kier alpha value is -1.02. The van der Waals surface area contributed by atoms with Crippen molar-refractivity contribution in [2.75, 3.05) is 0 Å². The highest BCUT2D eigenvalue weighted by Crippen LogP contribution is 2.21. The van der Waals surface area contributed by atoms with E-state index < -0.39 is 0 Å². The Morgan fingerprint density at radius 2 is 2.21 bits per heavy atom. The fourth-order valence-electron chi connectivity index (χ4n) is 1.74. The standard InChI is InChI=1S/C11H12ClNO/c1-7-4-8-2-3-10(12)5-9(8)6-13-11(7)14/h2-3,5,7H,4,6H2,1H3,(H,13,14). The second kappa shape index (κ2) is 3.62. The third-order valence-corrected chi connectivity index (χ3v) is 2.83. The Morgan fingerprint density at radius 3 is 3.00 bits per heavy atom. The van der Waals surface area contributed by atoms with Gasteiger partial charge in [0.15, 0.2) is 0 Å². The minimum absolute atomic E-state index is 0.0532. The highest BCUT2D eigenvalue weighted by Gasteiger charge is 2.19. The molecule has 2 rings (SSSR count). The average Bonchev–Trinajstić information content (AvgIpc) is 2.29. The lowest BCUT2D eigenvalue weighted by atomic mass is 9.98. The normalized spacial score (nSPS) is 21.0. The molecule has 1 aromatic rings. The lowest BCUT2D eigenvalue weighted by Crippen LogP contribution is -2.26. The molecule has 2 nitrogen and oxygen atoms in total. The van der Waals surface area contributed by atoms with Crippen molar-refractivity contribution in [1.29, 1.82) is 0 Å². The molecular formula is C11H12ClNO. The van der Waals surface area contributed by atoms with Gasteiger partial charge in [-0.1, -0.05) is 24.6 Å². The Morgan fingerprint density at radius 1 is 1.43 bits per heavy atom. The molecule has 1 aliphatic rings. The summed E-state index contributed by atoms with van der Waals surface area (Å²) in [5.41, 5.74) is 2.36. The number of hydrogen-bond donors (Lipinski definition) is 1. The summed E-state index contributed by atoms with van der Waals surface area (Å²) in [6.07, 6.45) is 0.804. The molecule has 0 saturated heterocycles. The zero-order valence-corrected chi connectivity index (χ0v) is 8.77. The molecule has 1 aromatic carbocycles. The second-order valence-electron chi connectivity index (χ2n) is 3.74. The number of nitrogens with one attached hydrogen (secondary N) is 1. The number of carbonyl (C=O) groups excluding carboxylic acids is 1. The largest absolute Gasteiger partial charge is 0.352 e. The van der Waals surface area contributed by atoms with Crippen LogP contribution in [0.25, 0.3) is 0 Å². The second-order valence-corrected chi connectivity index (χ2v) is 4.17. The van der Waals surface area contributed by atoms with E-state index in [-0.39, 0.29) is 11.8 Å². The molecule has 1 unspecified atom stereocenters. The number of fused-ring (bicyclic) bond motifs is 1. The van der Waals surface area contributed by atoms with Gasteiger partial charge in [0.05, 0.1) is 0 Å². The number of amides is 1. The molecular weight excluding hydrogens is 198 g/mol. The summed E-state index contributed by atoms with van der Waals surface area (Å²) in [5.74, 6) is 0.176. The first-order chi connectivity index (χ1) is 6.66. The van der Waals surface area contributed by atoms with Crippen LogP contribution in [-0.4, -0.2) is 5.91 Å². The van der Waals surface area contributed by atoms with E-state index in [1.54, 1.807) is 0 Å². The highest BCUT2D eigenvalue weighted by atomic mass is 35.5. The van der Waals surface area contributed by atoms with Crippen molar-refractivity contribution in [2.45, 2.75) is 19.9 Å². The van der Waals surface area contributed by atoms with E-state index in [4.69, 9.17) is 11.6 Å². The molecule has 1 heterocycles. The van der Waals surface area contributed by atoms with Crippen molar-refractivity contribution >= 4 is 17.5 Å². The van der Waals surface area contributed by atoms with Gasteiger partial charge < -0.3 is 5.32 Å². The van der Waals surface area contributed by atoms with Crippen LogP contribution >= 0.6 is 11.6 Å². The third kappa shape index (κ3) is 1.75. The zero-order chi connectivity index (χ0) is 10.1.